The first-order valence-electron chi connectivity index (χ1n) is 9.84. The molecule has 1 amide bonds. The zero-order valence-corrected chi connectivity index (χ0v) is 18.5. The van der Waals surface area contributed by atoms with Gasteiger partial charge in [-0.15, -0.1) is 0 Å². The minimum absolute atomic E-state index is 0.0796. The number of hydrogen-bond acceptors (Lipinski definition) is 4. The Bertz CT molecular complexity index is 808. The van der Waals surface area contributed by atoms with Crippen molar-refractivity contribution in [1.82, 2.24) is 20.3 Å². The van der Waals surface area contributed by atoms with Crippen LogP contribution >= 0.6 is 11.6 Å². The molecule has 0 aromatic heterocycles. The molecule has 2 rings (SSSR count). The number of benzene rings is 1. The maximum absolute atomic E-state index is 12.3. The van der Waals surface area contributed by atoms with Crippen molar-refractivity contribution in [2.45, 2.75) is 31.1 Å². The lowest BCUT2D eigenvalue weighted by Gasteiger charge is -2.34. The molecule has 0 unspecified atom stereocenters. The van der Waals surface area contributed by atoms with Crippen LogP contribution in [0.4, 0.5) is 0 Å². The van der Waals surface area contributed by atoms with E-state index in [0.29, 0.717) is 23.9 Å². The summed E-state index contributed by atoms with van der Waals surface area (Å²) in [5.41, 5.74) is 0. The Balaban J connectivity index is 1.87. The van der Waals surface area contributed by atoms with E-state index in [2.05, 4.69) is 25.2 Å². The summed E-state index contributed by atoms with van der Waals surface area (Å²) in [5, 5.41) is 6.31. The van der Waals surface area contributed by atoms with Crippen molar-refractivity contribution in [3.05, 3.63) is 29.3 Å². The Morgan fingerprint density at radius 1 is 1.31 bits per heavy atom. The maximum atomic E-state index is 12.3. The molecule has 0 spiro atoms. The third kappa shape index (κ3) is 7.49. The van der Waals surface area contributed by atoms with Crippen LogP contribution in [-0.2, 0) is 14.8 Å². The van der Waals surface area contributed by atoms with Crippen LogP contribution in [0.5, 0.6) is 0 Å². The third-order valence-electron chi connectivity index (χ3n) is 4.77. The van der Waals surface area contributed by atoms with Gasteiger partial charge in [0.1, 0.15) is 0 Å². The highest BCUT2D eigenvalue weighted by Crippen LogP contribution is 2.20. The maximum Gasteiger partial charge on any atom is 0.240 e. The SMILES string of the molecule is CCNC(=NCCNS(=O)(=O)c1cccc(Cl)c1)N1CCC(CC(=O)NC)CC1. The molecule has 0 atom stereocenters. The summed E-state index contributed by atoms with van der Waals surface area (Å²) < 4.78 is 27.2. The smallest absolute Gasteiger partial charge is 0.240 e. The summed E-state index contributed by atoms with van der Waals surface area (Å²) >= 11 is 5.87. The molecule has 0 saturated carbocycles. The molecule has 3 N–H and O–H groups in total. The number of nitrogens with one attached hydrogen (secondary N) is 3. The largest absolute Gasteiger partial charge is 0.359 e. The highest BCUT2D eigenvalue weighted by Gasteiger charge is 2.23. The third-order valence-corrected chi connectivity index (χ3v) is 6.47. The predicted molar refractivity (Wildman–Crippen MR) is 116 cm³/mol. The Kier molecular flexibility index (Phi) is 9.19. The van der Waals surface area contributed by atoms with Gasteiger partial charge in [0.2, 0.25) is 15.9 Å². The summed E-state index contributed by atoms with van der Waals surface area (Å²) in [6.45, 7) is 4.88. The van der Waals surface area contributed by atoms with Gasteiger partial charge in [-0.05, 0) is 43.9 Å². The lowest BCUT2D eigenvalue weighted by molar-refractivity contribution is -0.121. The highest BCUT2D eigenvalue weighted by atomic mass is 35.5. The van der Waals surface area contributed by atoms with Crippen molar-refractivity contribution in [1.29, 1.82) is 0 Å². The number of carbonyl (C=O) groups is 1. The fraction of sp³-hybridized carbons (Fsp3) is 0.579. The number of guanidine groups is 1. The molecule has 8 nitrogen and oxygen atoms in total. The van der Waals surface area contributed by atoms with Gasteiger partial charge in [0.25, 0.3) is 0 Å². The Labute approximate surface area is 178 Å². The number of hydrogen-bond donors (Lipinski definition) is 3. The molecular formula is C19H30ClN5O3S. The number of piperidine rings is 1. The van der Waals surface area contributed by atoms with Gasteiger partial charge in [0.15, 0.2) is 5.96 Å². The molecule has 0 bridgehead atoms. The van der Waals surface area contributed by atoms with Gasteiger partial charge in [-0.25, -0.2) is 13.1 Å². The highest BCUT2D eigenvalue weighted by molar-refractivity contribution is 7.89. The zero-order chi connectivity index (χ0) is 21.3. The topological polar surface area (TPSA) is 103 Å². The van der Waals surface area contributed by atoms with Crippen LogP contribution in [0.2, 0.25) is 5.02 Å². The fourth-order valence-corrected chi connectivity index (χ4v) is 4.52. The molecule has 1 saturated heterocycles. The Morgan fingerprint density at radius 2 is 2.03 bits per heavy atom. The first-order chi connectivity index (χ1) is 13.9. The number of likely N-dealkylation sites (tertiary alicyclic amines) is 1. The minimum atomic E-state index is -3.61. The summed E-state index contributed by atoms with van der Waals surface area (Å²) in [7, 11) is -1.95. The number of nitrogens with zero attached hydrogens (tertiary/aromatic N) is 2. The van der Waals surface area contributed by atoms with Crippen molar-refractivity contribution >= 4 is 33.5 Å². The summed E-state index contributed by atoms with van der Waals surface area (Å²) in [6, 6.07) is 6.15. The number of carbonyl (C=O) groups excluding carboxylic acids is 1. The Hall–Kier alpha value is -1.84. The standard InChI is InChI=1S/C19H30ClN5O3S/c1-3-22-19(25-11-7-15(8-12-25)13-18(26)21-2)23-9-10-24-29(27,28)17-6-4-5-16(20)14-17/h4-6,14-15,24H,3,7-13H2,1-2H3,(H,21,26)(H,22,23). The second-order valence-corrected chi connectivity index (χ2v) is 9.10. The van der Waals surface area contributed by atoms with Crippen LogP contribution in [-0.4, -0.2) is 65.0 Å². The van der Waals surface area contributed by atoms with Crippen LogP contribution in [0, 0.1) is 5.92 Å². The van der Waals surface area contributed by atoms with E-state index in [-0.39, 0.29) is 17.3 Å². The van der Waals surface area contributed by atoms with Gasteiger partial charge >= 0.3 is 0 Å². The van der Waals surface area contributed by atoms with E-state index in [4.69, 9.17) is 11.6 Å². The van der Waals surface area contributed by atoms with Crippen molar-refractivity contribution in [3.63, 3.8) is 0 Å². The molecule has 1 aromatic carbocycles. The van der Waals surface area contributed by atoms with Crippen LogP contribution in [0.15, 0.2) is 34.2 Å². The minimum Gasteiger partial charge on any atom is -0.359 e. The lowest BCUT2D eigenvalue weighted by atomic mass is 9.93. The average molecular weight is 444 g/mol. The fourth-order valence-electron chi connectivity index (χ4n) is 3.20. The van der Waals surface area contributed by atoms with E-state index in [1.54, 1.807) is 19.2 Å². The van der Waals surface area contributed by atoms with E-state index < -0.39 is 10.0 Å². The number of aliphatic imine (C=N–C) groups is 1. The van der Waals surface area contributed by atoms with Gasteiger partial charge in [-0.3, -0.25) is 9.79 Å². The number of amides is 1. The van der Waals surface area contributed by atoms with Gasteiger partial charge in [-0.1, -0.05) is 17.7 Å². The molecule has 10 heteroatoms. The summed E-state index contributed by atoms with van der Waals surface area (Å²) in [6.07, 6.45) is 2.42. The first-order valence-corrected chi connectivity index (χ1v) is 11.7. The molecule has 1 heterocycles. The summed E-state index contributed by atoms with van der Waals surface area (Å²) in [4.78, 5) is 18.4. The molecule has 1 aliphatic rings. The van der Waals surface area contributed by atoms with Gasteiger partial charge in [-0.2, -0.15) is 0 Å². The molecule has 0 aliphatic carbocycles. The molecule has 162 valence electrons. The molecule has 1 fully saturated rings. The number of sulfonamides is 1. The van der Waals surface area contributed by atoms with Crippen molar-refractivity contribution < 1.29 is 13.2 Å². The predicted octanol–water partition coefficient (Wildman–Crippen LogP) is 1.43. The van der Waals surface area contributed by atoms with Gasteiger partial charge < -0.3 is 15.5 Å². The van der Waals surface area contributed by atoms with Crippen molar-refractivity contribution in [2.75, 3.05) is 39.8 Å². The molecule has 29 heavy (non-hydrogen) atoms. The number of rotatable bonds is 8. The van der Waals surface area contributed by atoms with Crippen LogP contribution in [0.3, 0.4) is 0 Å². The van der Waals surface area contributed by atoms with E-state index in [1.165, 1.54) is 12.1 Å². The van der Waals surface area contributed by atoms with E-state index in [1.807, 2.05) is 6.92 Å². The monoisotopic (exact) mass is 443 g/mol. The van der Waals surface area contributed by atoms with Crippen LogP contribution in [0.1, 0.15) is 26.2 Å². The molecule has 1 aliphatic heterocycles. The summed E-state index contributed by atoms with van der Waals surface area (Å²) in [5.74, 6) is 1.24. The quantitative estimate of drug-likeness (QED) is 0.320. The average Bonchev–Trinajstić information content (AvgIpc) is 2.71. The second-order valence-electron chi connectivity index (χ2n) is 6.90. The Morgan fingerprint density at radius 3 is 2.66 bits per heavy atom. The van der Waals surface area contributed by atoms with Gasteiger partial charge in [0.05, 0.1) is 11.4 Å². The van der Waals surface area contributed by atoms with Gasteiger partial charge in [0, 0.05) is 44.7 Å². The first kappa shape index (κ1) is 23.4. The lowest BCUT2D eigenvalue weighted by Crippen LogP contribution is -2.46. The zero-order valence-electron chi connectivity index (χ0n) is 16.9. The van der Waals surface area contributed by atoms with E-state index >= 15 is 0 Å². The number of halogens is 1. The van der Waals surface area contributed by atoms with Crippen LogP contribution in [0.25, 0.3) is 0 Å². The van der Waals surface area contributed by atoms with Crippen molar-refractivity contribution in [2.24, 2.45) is 10.9 Å². The van der Waals surface area contributed by atoms with E-state index in [0.717, 1.165) is 38.4 Å². The van der Waals surface area contributed by atoms with Crippen LogP contribution < -0.4 is 15.4 Å². The normalized spacial score (nSPS) is 16.0. The molecule has 0 radical (unpaired) electrons. The molecule has 1 aromatic rings. The molecular weight excluding hydrogens is 414 g/mol. The van der Waals surface area contributed by atoms with E-state index in [9.17, 15) is 13.2 Å². The van der Waals surface area contributed by atoms with Crippen molar-refractivity contribution in [3.8, 4) is 0 Å². The second kappa shape index (κ2) is 11.4.